The van der Waals surface area contributed by atoms with Crippen LogP contribution in [0.4, 0.5) is 0 Å². The topological polar surface area (TPSA) is 37.3 Å². The summed E-state index contributed by atoms with van der Waals surface area (Å²) in [6, 6.07) is 0. The molecule has 6 heavy (non-hydrogen) atoms. The van der Waals surface area contributed by atoms with E-state index < -0.39 is 5.97 Å². The van der Waals surface area contributed by atoms with E-state index in [1.807, 2.05) is 0 Å². The van der Waals surface area contributed by atoms with E-state index in [4.69, 9.17) is 16.7 Å². The number of halogens is 1. The van der Waals surface area contributed by atoms with Gasteiger partial charge in [0.2, 0.25) is 0 Å². The Bertz CT molecular complexity index is 46.8. The molecule has 0 aliphatic rings. The number of hydrogen-bond acceptors (Lipinski definition) is 1. The molecule has 2 nitrogen and oxygen atoms in total. The number of alkyl halides is 1. The van der Waals surface area contributed by atoms with E-state index >= 15 is 0 Å². The van der Waals surface area contributed by atoms with Crippen LogP contribution in [0, 0.1) is 0 Å². The molecule has 0 aliphatic carbocycles. The Morgan fingerprint density at radius 2 is 2.00 bits per heavy atom. The molecule has 0 unspecified atom stereocenters. The van der Waals surface area contributed by atoms with Crippen molar-refractivity contribution in [2.75, 3.05) is 5.88 Å². The van der Waals surface area contributed by atoms with Gasteiger partial charge >= 0.3 is 5.97 Å². The number of carboxylic acids is 1. The molecule has 0 saturated carbocycles. The Hall–Kier alpha value is 0.695. The van der Waals surface area contributed by atoms with E-state index in [1.165, 1.54) is 0 Å². The average molecular weight is 295 g/mol. The van der Waals surface area contributed by atoms with Crippen LogP contribution in [-0.4, -0.2) is 17.0 Å². The van der Waals surface area contributed by atoms with Crippen molar-refractivity contribution in [2.45, 2.75) is 0 Å². The van der Waals surface area contributed by atoms with Gasteiger partial charge in [0.15, 0.2) is 0 Å². The van der Waals surface area contributed by atoms with Crippen LogP contribution in [0.5, 0.6) is 0 Å². The summed E-state index contributed by atoms with van der Waals surface area (Å²) in [7, 11) is 0. The standard InChI is InChI=1S/C2H3ClO2.Hg/c3-1-2(4)5;/h1H2,(H,4,5);. The van der Waals surface area contributed by atoms with Crippen LogP contribution in [0.2, 0.25) is 0 Å². The summed E-state index contributed by atoms with van der Waals surface area (Å²) in [5.41, 5.74) is 0. The van der Waals surface area contributed by atoms with Crippen LogP contribution in [0.25, 0.3) is 0 Å². The molecule has 1 N–H and O–H groups in total. The first-order valence-electron chi connectivity index (χ1n) is 1.05. The van der Waals surface area contributed by atoms with Crippen LogP contribution in [0.3, 0.4) is 0 Å². The second-order valence-corrected chi connectivity index (χ2v) is 0.795. The molecule has 32 valence electrons. The van der Waals surface area contributed by atoms with Crippen molar-refractivity contribution in [3.05, 3.63) is 0 Å². The summed E-state index contributed by atoms with van der Waals surface area (Å²) < 4.78 is 0. The van der Waals surface area contributed by atoms with Gasteiger partial charge in [0, 0.05) is 27.7 Å². The molecule has 0 rings (SSSR count). The summed E-state index contributed by atoms with van der Waals surface area (Å²) in [5.74, 6) is -1.29. The third-order valence-electron chi connectivity index (χ3n) is 0.114. The molecule has 0 radical (unpaired) electrons. The van der Waals surface area contributed by atoms with Gasteiger partial charge in [-0.15, -0.1) is 11.6 Å². The first kappa shape index (κ1) is 9.85. The molecule has 4 heteroatoms. The van der Waals surface area contributed by atoms with Crippen LogP contribution >= 0.6 is 11.6 Å². The largest absolute Gasteiger partial charge is 0.480 e. The van der Waals surface area contributed by atoms with Gasteiger partial charge in [0.05, 0.1) is 0 Å². The van der Waals surface area contributed by atoms with Crippen molar-refractivity contribution in [1.82, 2.24) is 0 Å². The summed E-state index contributed by atoms with van der Waals surface area (Å²) in [6.07, 6.45) is 0. The van der Waals surface area contributed by atoms with Gasteiger partial charge in [-0.1, -0.05) is 0 Å². The maximum atomic E-state index is 9.24. The summed E-state index contributed by atoms with van der Waals surface area (Å²) in [4.78, 5) is 9.24. The molecule has 0 saturated heterocycles. The Labute approximate surface area is 61.0 Å². The molecule has 0 bridgehead atoms. The third-order valence-corrected chi connectivity index (χ3v) is 0.343. The second-order valence-electron chi connectivity index (χ2n) is 0.527. The molecule has 0 atom stereocenters. The molecule has 0 aliphatic heterocycles. The van der Waals surface area contributed by atoms with Gasteiger partial charge in [0.25, 0.3) is 0 Å². The van der Waals surface area contributed by atoms with Gasteiger partial charge in [-0.2, -0.15) is 0 Å². The average Bonchev–Trinajstić information content (AvgIpc) is 1.38. The molecular weight excluding hydrogens is 292 g/mol. The van der Waals surface area contributed by atoms with Crippen molar-refractivity contribution < 1.29 is 37.6 Å². The zero-order valence-electron chi connectivity index (χ0n) is 3.15. The maximum absolute atomic E-state index is 9.24. The van der Waals surface area contributed by atoms with Crippen molar-refractivity contribution in [2.24, 2.45) is 0 Å². The van der Waals surface area contributed by atoms with Gasteiger partial charge in [-0.3, -0.25) is 4.79 Å². The number of rotatable bonds is 1. The second kappa shape index (κ2) is 5.70. The fraction of sp³-hybridized carbons (Fsp3) is 0.500. The van der Waals surface area contributed by atoms with E-state index in [1.54, 1.807) is 0 Å². The van der Waals surface area contributed by atoms with Crippen molar-refractivity contribution >= 4 is 17.6 Å². The molecule has 0 heterocycles. The van der Waals surface area contributed by atoms with Crippen LogP contribution in [-0.2, 0) is 32.5 Å². The zero-order valence-corrected chi connectivity index (χ0v) is 9.40. The molecule has 0 fully saturated rings. The predicted molar refractivity (Wildman–Crippen MR) is 18.4 cm³/mol. The van der Waals surface area contributed by atoms with Gasteiger partial charge in [-0.05, 0) is 0 Å². The SMILES string of the molecule is O=C(O)CCl.[Hg]. The molecule has 0 aromatic rings. The van der Waals surface area contributed by atoms with Crippen molar-refractivity contribution in [3.63, 3.8) is 0 Å². The fourth-order valence-electron chi connectivity index (χ4n) is 0. The molecule has 0 aromatic heterocycles. The first-order chi connectivity index (χ1) is 2.27. The number of carboxylic acid groups (broad SMARTS) is 1. The minimum absolute atomic E-state index is 0. The third kappa shape index (κ3) is 8.83. The van der Waals surface area contributed by atoms with E-state index in [2.05, 4.69) is 0 Å². The normalized spacial score (nSPS) is 6.17. The number of carbonyl (C=O) groups is 1. The zero-order chi connectivity index (χ0) is 4.28. The molecule has 0 amide bonds. The van der Waals surface area contributed by atoms with Crippen LogP contribution in [0.15, 0.2) is 0 Å². The van der Waals surface area contributed by atoms with Gasteiger partial charge < -0.3 is 5.11 Å². The maximum Gasteiger partial charge on any atom is 0.318 e. The molecular formula is C2H3ClHgO2. The van der Waals surface area contributed by atoms with Crippen LogP contribution in [0.1, 0.15) is 0 Å². The smallest absolute Gasteiger partial charge is 0.318 e. The molecule has 0 aromatic carbocycles. The van der Waals surface area contributed by atoms with E-state index in [0.29, 0.717) is 0 Å². The summed E-state index contributed by atoms with van der Waals surface area (Å²) in [5, 5.41) is 7.59. The van der Waals surface area contributed by atoms with E-state index in [9.17, 15) is 4.79 Å². The summed E-state index contributed by atoms with van der Waals surface area (Å²) >= 11 is 4.74. The quantitative estimate of drug-likeness (QED) is 0.558. The Balaban J connectivity index is 0. The number of hydrogen-bond donors (Lipinski definition) is 1. The summed E-state index contributed by atoms with van der Waals surface area (Å²) in [6.45, 7) is 0. The fourth-order valence-corrected chi connectivity index (χ4v) is 0. The Morgan fingerprint density at radius 1 is 1.83 bits per heavy atom. The van der Waals surface area contributed by atoms with Gasteiger partial charge in [0.1, 0.15) is 5.88 Å². The van der Waals surface area contributed by atoms with Crippen molar-refractivity contribution in [1.29, 1.82) is 0 Å². The number of aliphatic carboxylic acids is 1. The molecule has 0 spiro atoms. The van der Waals surface area contributed by atoms with Crippen LogP contribution < -0.4 is 0 Å². The van der Waals surface area contributed by atoms with E-state index in [0.717, 1.165) is 0 Å². The monoisotopic (exact) mass is 296 g/mol. The van der Waals surface area contributed by atoms with E-state index in [-0.39, 0.29) is 33.5 Å². The van der Waals surface area contributed by atoms with Gasteiger partial charge in [-0.25, -0.2) is 0 Å². The Morgan fingerprint density at radius 3 is 2.00 bits per heavy atom. The first-order valence-corrected chi connectivity index (χ1v) is 1.58. The minimum atomic E-state index is -0.980. The minimum Gasteiger partial charge on any atom is -0.480 e. The predicted octanol–water partition coefficient (Wildman–Crippen LogP) is 0.307. The Kier molecular flexibility index (Phi) is 9.35. The van der Waals surface area contributed by atoms with Crippen molar-refractivity contribution in [3.8, 4) is 0 Å².